The van der Waals surface area contributed by atoms with Crippen LogP contribution in [0.5, 0.6) is 0 Å². The molecule has 4 nitrogen and oxygen atoms in total. The summed E-state index contributed by atoms with van der Waals surface area (Å²) in [4.78, 5) is 13.0. The van der Waals surface area contributed by atoms with Crippen LogP contribution in [0.25, 0.3) is 10.8 Å². The van der Waals surface area contributed by atoms with E-state index in [0.717, 1.165) is 27.6 Å². The number of benzene rings is 3. The van der Waals surface area contributed by atoms with Gasteiger partial charge < -0.3 is 16.0 Å². The van der Waals surface area contributed by atoms with Gasteiger partial charge in [0.05, 0.1) is 0 Å². The second kappa shape index (κ2) is 9.40. The number of aryl methyl sites for hydroxylation is 2. The van der Waals surface area contributed by atoms with Crippen molar-refractivity contribution in [1.29, 1.82) is 0 Å². The number of hydrogen-bond donors (Lipinski definition) is 3. The van der Waals surface area contributed by atoms with Gasteiger partial charge in [-0.15, -0.1) is 0 Å². The van der Waals surface area contributed by atoms with E-state index < -0.39 is 9.96 Å². The average molecular weight is 481 g/mol. The van der Waals surface area contributed by atoms with Gasteiger partial charge in [0.2, 0.25) is 3.79 Å². The zero-order chi connectivity index (χ0) is 21.9. The molecule has 0 heterocycles. The summed E-state index contributed by atoms with van der Waals surface area (Å²) in [5, 5.41) is 10.7. The van der Waals surface area contributed by atoms with Gasteiger partial charge in [-0.1, -0.05) is 83.3 Å². The molecule has 156 valence electrons. The highest BCUT2D eigenvalue weighted by molar-refractivity contribution is 7.80. The first kappa shape index (κ1) is 22.6. The summed E-state index contributed by atoms with van der Waals surface area (Å²) in [6.45, 7) is 3.94. The van der Waals surface area contributed by atoms with Gasteiger partial charge in [0, 0.05) is 11.3 Å². The van der Waals surface area contributed by atoms with E-state index in [1.165, 1.54) is 0 Å². The quantitative estimate of drug-likeness (QED) is 0.248. The number of carbonyl (C=O) groups excluding carboxylic acids is 1. The number of hydrogen-bond acceptors (Lipinski definition) is 2. The minimum atomic E-state index is -1.84. The normalized spacial score (nSPS) is 12.3. The van der Waals surface area contributed by atoms with Gasteiger partial charge in [-0.2, -0.15) is 0 Å². The van der Waals surface area contributed by atoms with Crippen LogP contribution in [0.4, 0.5) is 5.69 Å². The van der Waals surface area contributed by atoms with Crippen LogP contribution >= 0.6 is 47.0 Å². The molecule has 0 aliphatic rings. The highest BCUT2D eigenvalue weighted by Gasteiger charge is 2.35. The lowest BCUT2D eigenvalue weighted by Crippen LogP contribution is -2.56. The van der Waals surface area contributed by atoms with E-state index in [9.17, 15) is 4.79 Å². The Balaban J connectivity index is 1.78. The Bertz CT molecular complexity index is 1090. The minimum Gasteiger partial charge on any atom is -0.339 e. The minimum absolute atomic E-state index is 0.221. The van der Waals surface area contributed by atoms with Crippen molar-refractivity contribution in [2.24, 2.45) is 0 Å². The molecule has 1 atom stereocenters. The number of halogens is 3. The number of rotatable bonds is 4. The maximum Gasteiger partial charge on any atom is 0.253 e. The molecular weight excluding hydrogens is 461 g/mol. The Kier molecular flexibility index (Phi) is 7.09. The van der Waals surface area contributed by atoms with Crippen LogP contribution in [0.3, 0.4) is 0 Å². The second-order valence-electron chi connectivity index (χ2n) is 6.89. The molecule has 0 spiro atoms. The summed E-state index contributed by atoms with van der Waals surface area (Å²) < 4.78 is -1.84. The molecule has 3 N–H and O–H groups in total. The molecule has 30 heavy (non-hydrogen) atoms. The average Bonchev–Trinajstić information content (AvgIpc) is 2.69. The van der Waals surface area contributed by atoms with Crippen molar-refractivity contribution in [3.8, 4) is 0 Å². The van der Waals surface area contributed by atoms with Gasteiger partial charge in [0.1, 0.15) is 6.17 Å². The van der Waals surface area contributed by atoms with E-state index in [0.29, 0.717) is 5.56 Å². The van der Waals surface area contributed by atoms with Crippen LogP contribution in [0, 0.1) is 13.8 Å². The topological polar surface area (TPSA) is 53.2 Å². The van der Waals surface area contributed by atoms with Crippen molar-refractivity contribution in [1.82, 2.24) is 10.6 Å². The molecule has 0 aliphatic carbocycles. The molecule has 3 aromatic carbocycles. The van der Waals surface area contributed by atoms with Crippen LogP contribution < -0.4 is 16.0 Å². The lowest BCUT2D eigenvalue weighted by molar-refractivity contribution is 0.0936. The monoisotopic (exact) mass is 479 g/mol. The Morgan fingerprint density at radius 3 is 2.40 bits per heavy atom. The van der Waals surface area contributed by atoms with Gasteiger partial charge in [-0.25, -0.2) is 0 Å². The SMILES string of the molecule is Cc1ccc(C)c(NC(=S)NC(NC(=O)c2cccc3ccccc23)C(Cl)(Cl)Cl)c1. The predicted molar refractivity (Wildman–Crippen MR) is 131 cm³/mol. The zero-order valence-electron chi connectivity index (χ0n) is 16.3. The van der Waals surface area contributed by atoms with Crippen molar-refractivity contribution < 1.29 is 4.79 Å². The first-order chi connectivity index (χ1) is 14.1. The zero-order valence-corrected chi connectivity index (χ0v) is 19.4. The predicted octanol–water partition coefficient (Wildman–Crippen LogP) is 5.87. The number of alkyl halides is 3. The van der Waals surface area contributed by atoms with Crippen molar-refractivity contribution >= 4 is 74.5 Å². The highest BCUT2D eigenvalue weighted by Crippen LogP contribution is 2.30. The van der Waals surface area contributed by atoms with E-state index >= 15 is 0 Å². The van der Waals surface area contributed by atoms with Gasteiger partial charge >= 0.3 is 0 Å². The number of amides is 1. The van der Waals surface area contributed by atoms with Crippen LogP contribution in [-0.2, 0) is 0 Å². The summed E-state index contributed by atoms with van der Waals surface area (Å²) in [5.41, 5.74) is 3.39. The van der Waals surface area contributed by atoms with Crippen molar-refractivity contribution in [2.75, 3.05) is 5.32 Å². The Hall–Kier alpha value is -2.05. The molecule has 1 amide bonds. The first-order valence-electron chi connectivity index (χ1n) is 9.15. The summed E-state index contributed by atoms with van der Waals surface area (Å²) in [7, 11) is 0. The maximum atomic E-state index is 13.0. The van der Waals surface area contributed by atoms with E-state index in [-0.39, 0.29) is 11.0 Å². The number of thiocarbonyl (C=S) groups is 1. The smallest absolute Gasteiger partial charge is 0.253 e. The maximum absolute atomic E-state index is 13.0. The summed E-state index contributed by atoms with van der Waals surface area (Å²) >= 11 is 23.7. The van der Waals surface area contributed by atoms with Crippen molar-refractivity contribution in [3.63, 3.8) is 0 Å². The fourth-order valence-electron chi connectivity index (χ4n) is 2.99. The third-order valence-electron chi connectivity index (χ3n) is 4.55. The molecule has 0 radical (unpaired) electrons. The molecule has 0 fully saturated rings. The summed E-state index contributed by atoms with van der Waals surface area (Å²) in [6.07, 6.45) is -1.06. The van der Waals surface area contributed by atoms with Gasteiger partial charge in [-0.3, -0.25) is 4.79 Å². The molecule has 1 unspecified atom stereocenters. The third-order valence-corrected chi connectivity index (χ3v) is 5.43. The van der Waals surface area contributed by atoms with E-state index in [4.69, 9.17) is 47.0 Å². The molecule has 0 bridgehead atoms. The lowest BCUT2D eigenvalue weighted by atomic mass is 10.0. The molecule has 3 rings (SSSR count). The third kappa shape index (κ3) is 5.55. The van der Waals surface area contributed by atoms with Crippen molar-refractivity contribution in [2.45, 2.75) is 23.8 Å². The van der Waals surface area contributed by atoms with Gasteiger partial charge in [0.25, 0.3) is 5.91 Å². The number of fused-ring (bicyclic) bond motifs is 1. The standard InChI is InChI=1S/C22H20Cl3N3OS/c1-13-10-11-14(2)18(12-13)26-21(30)28-20(22(23,24)25)27-19(29)17-9-5-7-15-6-3-4-8-16(15)17/h3-12,20H,1-2H3,(H,27,29)(H2,26,28,30). The van der Waals surface area contributed by atoms with Crippen LogP contribution in [-0.4, -0.2) is 21.0 Å². The molecule has 3 aromatic rings. The molecule has 0 saturated heterocycles. The molecule has 0 aromatic heterocycles. The first-order valence-corrected chi connectivity index (χ1v) is 10.7. The summed E-state index contributed by atoms with van der Waals surface area (Å²) in [5.74, 6) is -0.384. The van der Waals surface area contributed by atoms with E-state index in [1.54, 1.807) is 6.07 Å². The van der Waals surface area contributed by atoms with Crippen LogP contribution in [0.1, 0.15) is 21.5 Å². The number of carbonyl (C=O) groups is 1. The molecular formula is C22H20Cl3N3OS. The summed E-state index contributed by atoms with van der Waals surface area (Å²) in [6, 6.07) is 19.0. The van der Waals surface area contributed by atoms with Gasteiger partial charge in [0.15, 0.2) is 5.11 Å². The number of nitrogens with one attached hydrogen (secondary N) is 3. The van der Waals surface area contributed by atoms with E-state index in [1.807, 2.05) is 68.4 Å². The van der Waals surface area contributed by atoms with E-state index in [2.05, 4.69) is 16.0 Å². The lowest BCUT2D eigenvalue weighted by Gasteiger charge is -2.28. The van der Waals surface area contributed by atoms with Crippen LogP contribution in [0.2, 0.25) is 0 Å². The fraction of sp³-hybridized carbons (Fsp3) is 0.182. The molecule has 8 heteroatoms. The largest absolute Gasteiger partial charge is 0.339 e. The second-order valence-corrected chi connectivity index (χ2v) is 9.67. The highest BCUT2D eigenvalue weighted by atomic mass is 35.6. The molecule has 0 aliphatic heterocycles. The van der Waals surface area contributed by atoms with Crippen LogP contribution in [0.15, 0.2) is 60.7 Å². The molecule has 0 saturated carbocycles. The Morgan fingerprint density at radius 2 is 1.67 bits per heavy atom. The Labute approximate surface area is 195 Å². The van der Waals surface area contributed by atoms with Gasteiger partial charge in [-0.05, 0) is 60.1 Å². The Morgan fingerprint density at radius 1 is 0.967 bits per heavy atom. The fourth-order valence-corrected chi connectivity index (χ4v) is 3.55. The number of anilines is 1. The van der Waals surface area contributed by atoms with Crippen molar-refractivity contribution in [3.05, 3.63) is 77.4 Å².